The van der Waals surface area contributed by atoms with E-state index in [2.05, 4.69) is 6.07 Å². The number of hydrogen-bond acceptors (Lipinski definition) is 4. The van der Waals surface area contributed by atoms with Crippen LogP contribution in [0.3, 0.4) is 0 Å². The number of hydrogen-bond donors (Lipinski definition) is 0. The van der Waals surface area contributed by atoms with Crippen LogP contribution in [0.15, 0.2) is 42.5 Å². The molecule has 4 rings (SSSR count). The van der Waals surface area contributed by atoms with Gasteiger partial charge in [-0.15, -0.1) is 0 Å². The van der Waals surface area contributed by atoms with E-state index in [1.165, 1.54) is 0 Å². The average molecular weight is 393 g/mol. The first-order valence-corrected chi connectivity index (χ1v) is 10.0. The summed E-state index contributed by atoms with van der Waals surface area (Å²) in [5.74, 6) is 0. The van der Waals surface area contributed by atoms with Gasteiger partial charge in [0.05, 0.1) is 22.2 Å². The molecule has 1 fully saturated rings. The fraction of sp³-hybridized carbons (Fsp3) is 0.435. The van der Waals surface area contributed by atoms with Crippen LogP contribution in [0.2, 0.25) is 0 Å². The lowest BCUT2D eigenvalue weighted by molar-refractivity contribution is 0.00578. The van der Waals surface area contributed by atoms with Crippen LogP contribution in [-0.2, 0) is 14.0 Å². The summed E-state index contributed by atoms with van der Waals surface area (Å²) >= 11 is 0. The van der Waals surface area contributed by atoms with Crippen molar-refractivity contribution in [1.82, 2.24) is 4.57 Å². The Morgan fingerprint density at radius 2 is 1.52 bits per heavy atom. The predicted molar refractivity (Wildman–Crippen MR) is 117 cm³/mol. The van der Waals surface area contributed by atoms with E-state index in [1.807, 2.05) is 84.9 Å². The third kappa shape index (κ3) is 3.34. The molecule has 0 amide bonds. The van der Waals surface area contributed by atoms with Crippen molar-refractivity contribution < 1.29 is 18.8 Å². The Labute approximate surface area is 172 Å². The van der Waals surface area contributed by atoms with E-state index in [9.17, 15) is 4.79 Å². The van der Waals surface area contributed by atoms with Crippen LogP contribution in [0.1, 0.15) is 48.5 Å². The van der Waals surface area contributed by atoms with Crippen molar-refractivity contribution >= 4 is 40.5 Å². The fourth-order valence-electron chi connectivity index (χ4n) is 3.62. The first kappa shape index (κ1) is 20.0. The van der Waals surface area contributed by atoms with E-state index in [0.29, 0.717) is 0 Å². The third-order valence-electron chi connectivity index (χ3n) is 5.80. The maximum atomic E-state index is 13.0. The highest BCUT2D eigenvalue weighted by Crippen LogP contribution is 2.37. The molecular weight excluding hydrogens is 365 g/mol. The first-order chi connectivity index (χ1) is 13.4. The summed E-state index contributed by atoms with van der Waals surface area (Å²) in [7, 11) is -0.451. The lowest BCUT2D eigenvalue weighted by Crippen LogP contribution is -2.41. The quantitative estimate of drug-likeness (QED) is 0.553. The highest BCUT2D eigenvalue weighted by Gasteiger charge is 2.51. The minimum atomic E-state index is -0.572. The summed E-state index contributed by atoms with van der Waals surface area (Å²) in [6.07, 6.45) is -0.382. The van der Waals surface area contributed by atoms with Crippen molar-refractivity contribution in [3.05, 3.63) is 42.5 Å². The van der Waals surface area contributed by atoms with E-state index < -0.39 is 23.9 Å². The monoisotopic (exact) mass is 393 g/mol. The van der Waals surface area contributed by atoms with E-state index in [0.717, 1.165) is 27.3 Å². The van der Waals surface area contributed by atoms with Gasteiger partial charge in [-0.25, -0.2) is 9.36 Å². The minimum absolute atomic E-state index is 0.382. The van der Waals surface area contributed by atoms with Gasteiger partial charge in [-0.3, -0.25) is 0 Å². The van der Waals surface area contributed by atoms with Gasteiger partial charge in [0.2, 0.25) is 0 Å². The maximum absolute atomic E-state index is 13.0. The van der Waals surface area contributed by atoms with Crippen molar-refractivity contribution in [3.63, 3.8) is 0 Å². The number of carbonyl (C=O) groups excluding carboxylic acids is 1. The van der Waals surface area contributed by atoms with Gasteiger partial charge >= 0.3 is 13.2 Å². The van der Waals surface area contributed by atoms with Crippen LogP contribution < -0.4 is 5.46 Å². The Bertz CT molecular complexity index is 1090. The molecule has 0 aliphatic carbocycles. The predicted octanol–water partition coefficient (Wildman–Crippen LogP) is 4.88. The molecule has 0 unspecified atom stereocenters. The molecule has 1 aromatic heterocycles. The van der Waals surface area contributed by atoms with E-state index in [-0.39, 0.29) is 6.09 Å². The second-order valence-electron chi connectivity index (χ2n) is 9.70. The molecule has 29 heavy (non-hydrogen) atoms. The summed E-state index contributed by atoms with van der Waals surface area (Å²) in [6.45, 7) is 13.8. The van der Waals surface area contributed by atoms with Crippen LogP contribution >= 0.6 is 0 Å². The van der Waals surface area contributed by atoms with Gasteiger partial charge in [0.1, 0.15) is 5.60 Å². The molecule has 0 atom stereocenters. The molecule has 5 nitrogen and oxygen atoms in total. The topological polar surface area (TPSA) is 49.7 Å². The molecule has 0 spiro atoms. The molecule has 1 saturated heterocycles. The van der Waals surface area contributed by atoms with Gasteiger partial charge in [-0.2, -0.15) is 0 Å². The normalized spacial score (nSPS) is 18.5. The summed E-state index contributed by atoms with van der Waals surface area (Å²) in [5, 5.41) is 1.96. The minimum Gasteiger partial charge on any atom is -0.443 e. The fourth-order valence-corrected chi connectivity index (χ4v) is 3.62. The van der Waals surface area contributed by atoms with E-state index >= 15 is 0 Å². The second-order valence-corrected chi connectivity index (χ2v) is 9.70. The van der Waals surface area contributed by atoms with Crippen LogP contribution in [0.5, 0.6) is 0 Å². The molecule has 0 radical (unpaired) electrons. The Morgan fingerprint density at radius 3 is 2.14 bits per heavy atom. The van der Waals surface area contributed by atoms with Gasteiger partial charge < -0.3 is 14.0 Å². The molecule has 6 heteroatoms. The SMILES string of the molecule is CC(C)(C)OC(=O)n1c2ccccc2c2cc(B3OC(C)(C)C(C)(C)O3)ccc21. The zero-order valence-electron chi connectivity index (χ0n) is 18.2. The highest BCUT2D eigenvalue weighted by molar-refractivity contribution is 6.62. The lowest BCUT2D eigenvalue weighted by Gasteiger charge is -2.32. The zero-order valence-corrected chi connectivity index (χ0v) is 18.2. The smallest absolute Gasteiger partial charge is 0.443 e. The van der Waals surface area contributed by atoms with Crippen molar-refractivity contribution in [2.24, 2.45) is 0 Å². The lowest BCUT2D eigenvalue weighted by atomic mass is 9.78. The molecule has 0 bridgehead atoms. The number of benzene rings is 2. The first-order valence-electron chi connectivity index (χ1n) is 10.0. The molecular formula is C23H28BNO4. The van der Waals surface area contributed by atoms with Crippen molar-refractivity contribution in [2.45, 2.75) is 65.3 Å². The average Bonchev–Trinajstić information content (AvgIpc) is 3.03. The standard InChI is InChI=1S/C23H28BNO4/c1-21(2,3)27-20(26)25-18-11-9-8-10-16(18)17-14-15(12-13-19(17)25)24-28-22(4,5)23(6,7)29-24/h8-14H,1-7H3. The third-order valence-corrected chi connectivity index (χ3v) is 5.80. The van der Waals surface area contributed by atoms with Gasteiger partial charge in [0, 0.05) is 10.8 Å². The Balaban J connectivity index is 1.85. The van der Waals surface area contributed by atoms with Crippen LogP contribution in [0.25, 0.3) is 21.8 Å². The van der Waals surface area contributed by atoms with Crippen LogP contribution in [0, 0.1) is 0 Å². The van der Waals surface area contributed by atoms with Gasteiger partial charge in [0.25, 0.3) is 0 Å². The number of rotatable bonds is 1. The summed E-state index contributed by atoms with van der Waals surface area (Å²) in [6, 6.07) is 13.8. The number of fused-ring (bicyclic) bond motifs is 3. The molecule has 0 saturated carbocycles. The number of ether oxygens (including phenoxy) is 1. The maximum Gasteiger partial charge on any atom is 0.494 e. The van der Waals surface area contributed by atoms with Crippen molar-refractivity contribution in [1.29, 1.82) is 0 Å². The Kier molecular flexibility index (Phi) is 4.37. The van der Waals surface area contributed by atoms with Gasteiger partial charge in [-0.1, -0.05) is 30.3 Å². The molecule has 152 valence electrons. The zero-order chi connectivity index (χ0) is 21.2. The Hall–Kier alpha value is -2.31. The van der Waals surface area contributed by atoms with Gasteiger partial charge in [0.15, 0.2) is 0 Å². The molecule has 1 aliphatic heterocycles. The number of carbonyl (C=O) groups is 1. The summed E-state index contributed by atoms with van der Waals surface area (Å²) < 4.78 is 19.7. The van der Waals surface area contributed by atoms with E-state index in [4.69, 9.17) is 14.0 Å². The highest BCUT2D eigenvalue weighted by atomic mass is 16.7. The molecule has 2 aromatic carbocycles. The van der Waals surface area contributed by atoms with Gasteiger partial charge in [-0.05, 0) is 66.1 Å². The number of nitrogens with zero attached hydrogens (tertiary/aromatic N) is 1. The van der Waals surface area contributed by atoms with Crippen LogP contribution in [0.4, 0.5) is 4.79 Å². The summed E-state index contributed by atoms with van der Waals surface area (Å²) in [4.78, 5) is 13.0. The summed E-state index contributed by atoms with van der Waals surface area (Å²) in [5.41, 5.74) is 1.18. The van der Waals surface area contributed by atoms with Crippen molar-refractivity contribution in [3.8, 4) is 0 Å². The molecule has 1 aliphatic rings. The molecule has 0 N–H and O–H groups in total. The van der Waals surface area contributed by atoms with E-state index in [1.54, 1.807) is 4.57 Å². The largest absolute Gasteiger partial charge is 0.494 e. The van der Waals surface area contributed by atoms with Crippen LogP contribution in [-0.4, -0.2) is 34.6 Å². The Morgan fingerprint density at radius 1 is 0.931 bits per heavy atom. The van der Waals surface area contributed by atoms with Crippen molar-refractivity contribution in [2.75, 3.05) is 0 Å². The molecule has 3 aromatic rings. The molecule has 2 heterocycles. The second kappa shape index (κ2) is 6.35. The number of aromatic nitrogens is 1. The number of para-hydroxylation sites is 1.